The van der Waals surface area contributed by atoms with Crippen LogP contribution >= 0.6 is 0 Å². The Kier molecular flexibility index (Phi) is 6.14. The monoisotopic (exact) mass is 444 g/mol. The molecule has 2 saturated heterocycles. The number of anilines is 1. The van der Waals surface area contributed by atoms with Gasteiger partial charge in [-0.05, 0) is 43.2 Å². The Morgan fingerprint density at radius 3 is 2.35 bits per heavy atom. The predicted octanol–water partition coefficient (Wildman–Crippen LogP) is 2.71. The van der Waals surface area contributed by atoms with Gasteiger partial charge in [0, 0.05) is 50.7 Å². The zero-order chi connectivity index (χ0) is 21.3. The van der Waals surface area contributed by atoms with Crippen LogP contribution in [0.1, 0.15) is 32.1 Å². The van der Waals surface area contributed by atoms with Crippen molar-refractivity contribution in [1.29, 1.82) is 0 Å². The third-order valence-corrected chi connectivity index (χ3v) is 8.88. The molecule has 1 aromatic carbocycles. The van der Waals surface area contributed by atoms with Crippen molar-refractivity contribution in [2.45, 2.75) is 43.0 Å². The van der Waals surface area contributed by atoms with Crippen molar-refractivity contribution in [3.05, 3.63) is 30.3 Å². The minimum atomic E-state index is -3.49. The van der Waals surface area contributed by atoms with Gasteiger partial charge < -0.3 is 9.64 Å². The van der Waals surface area contributed by atoms with Gasteiger partial charge in [-0.1, -0.05) is 19.3 Å². The Bertz CT molecular complexity index is 1010. The largest absolute Gasteiger partial charge is 0.379 e. The summed E-state index contributed by atoms with van der Waals surface area (Å²) in [5.74, 6) is 0.986. The number of hydrogen-bond donors (Lipinski definition) is 0. The first kappa shape index (κ1) is 21.1. The van der Waals surface area contributed by atoms with Gasteiger partial charge in [-0.25, -0.2) is 13.4 Å². The zero-order valence-corrected chi connectivity index (χ0v) is 18.9. The molecule has 0 radical (unpaired) electrons. The molecule has 1 aliphatic carbocycles. The number of hydrogen-bond acceptors (Lipinski definition) is 6. The molecule has 3 heterocycles. The second-order valence-corrected chi connectivity index (χ2v) is 10.8. The summed E-state index contributed by atoms with van der Waals surface area (Å²) >= 11 is 0. The Morgan fingerprint density at radius 1 is 0.871 bits per heavy atom. The molecule has 0 unspecified atom stereocenters. The molecule has 31 heavy (non-hydrogen) atoms. The fourth-order valence-corrected chi connectivity index (χ4v) is 6.57. The summed E-state index contributed by atoms with van der Waals surface area (Å²) in [5.41, 5.74) is 0.841. The smallest absolute Gasteiger partial charge is 0.243 e. The average Bonchev–Trinajstić information content (AvgIpc) is 2.84. The maximum Gasteiger partial charge on any atom is 0.243 e. The Hall–Kier alpha value is -1.74. The predicted molar refractivity (Wildman–Crippen MR) is 122 cm³/mol. The molecule has 5 rings (SSSR count). The standard InChI is InChI=1S/C23H32N4O3S/c28-31(29,27-14-16-30-17-15-27)21-7-8-22-19(18-21)6-9-23(24-22)26-12-10-25(11-13-26)20-4-2-1-3-5-20/h6-9,18,20H,1-5,10-17H2. The number of benzene rings is 1. The number of ether oxygens (including phenoxy) is 1. The first-order valence-electron chi connectivity index (χ1n) is 11.6. The van der Waals surface area contributed by atoms with Crippen LogP contribution in [0.15, 0.2) is 35.2 Å². The highest BCUT2D eigenvalue weighted by Gasteiger charge is 2.27. The van der Waals surface area contributed by atoms with Gasteiger partial charge in [-0.3, -0.25) is 4.90 Å². The molecule has 1 saturated carbocycles. The number of pyridine rings is 1. The van der Waals surface area contributed by atoms with Crippen LogP contribution in [-0.4, -0.2) is 81.1 Å². The van der Waals surface area contributed by atoms with Gasteiger partial charge in [0.05, 0.1) is 23.6 Å². The molecule has 2 aromatic rings. The van der Waals surface area contributed by atoms with E-state index in [9.17, 15) is 8.42 Å². The molecule has 8 heteroatoms. The molecule has 3 aliphatic rings. The van der Waals surface area contributed by atoms with Gasteiger partial charge in [0.2, 0.25) is 10.0 Å². The number of nitrogens with zero attached hydrogens (tertiary/aromatic N) is 4. The lowest BCUT2D eigenvalue weighted by atomic mass is 9.94. The van der Waals surface area contributed by atoms with Crippen LogP contribution in [0.3, 0.4) is 0 Å². The van der Waals surface area contributed by atoms with Gasteiger partial charge in [-0.2, -0.15) is 4.31 Å². The number of fused-ring (bicyclic) bond motifs is 1. The molecule has 0 N–H and O–H groups in total. The minimum absolute atomic E-state index is 0.331. The topological polar surface area (TPSA) is 66.0 Å². The van der Waals surface area contributed by atoms with Crippen molar-refractivity contribution in [2.24, 2.45) is 0 Å². The Balaban J connectivity index is 1.29. The van der Waals surface area contributed by atoms with Crippen LogP contribution in [0.2, 0.25) is 0 Å². The summed E-state index contributed by atoms with van der Waals surface area (Å²) in [6, 6.07) is 10.1. The summed E-state index contributed by atoms with van der Waals surface area (Å²) in [4.78, 5) is 10.2. The van der Waals surface area contributed by atoms with Crippen molar-refractivity contribution in [1.82, 2.24) is 14.2 Å². The second kappa shape index (κ2) is 9.02. The van der Waals surface area contributed by atoms with Crippen LogP contribution in [-0.2, 0) is 14.8 Å². The SMILES string of the molecule is O=S(=O)(c1ccc2nc(N3CCN(C4CCCCC4)CC3)ccc2c1)N1CCOCC1. The summed E-state index contributed by atoms with van der Waals surface area (Å²) in [6.45, 7) is 5.91. The molecular formula is C23H32N4O3S. The van der Waals surface area contributed by atoms with Gasteiger partial charge in [0.25, 0.3) is 0 Å². The molecule has 7 nitrogen and oxygen atoms in total. The van der Waals surface area contributed by atoms with E-state index < -0.39 is 10.0 Å². The van der Waals surface area contributed by atoms with E-state index in [1.807, 2.05) is 18.2 Å². The fourth-order valence-electron chi connectivity index (χ4n) is 5.13. The van der Waals surface area contributed by atoms with Crippen LogP contribution in [0, 0.1) is 0 Å². The molecular weight excluding hydrogens is 412 g/mol. The van der Waals surface area contributed by atoms with Crippen molar-refractivity contribution in [3.63, 3.8) is 0 Å². The number of morpholine rings is 1. The summed E-state index contributed by atoms with van der Waals surface area (Å²) in [5, 5.41) is 0.860. The highest BCUT2D eigenvalue weighted by atomic mass is 32.2. The van der Waals surface area contributed by atoms with Gasteiger partial charge in [-0.15, -0.1) is 0 Å². The van der Waals surface area contributed by atoms with Gasteiger partial charge in [0.15, 0.2) is 0 Å². The van der Waals surface area contributed by atoms with Crippen molar-refractivity contribution in [2.75, 3.05) is 57.4 Å². The Morgan fingerprint density at radius 2 is 1.61 bits per heavy atom. The lowest BCUT2D eigenvalue weighted by Gasteiger charge is -2.41. The van der Waals surface area contributed by atoms with Gasteiger partial charge >= 0.3 is 0 Å². The van der Waals surface area contributed by atoms with Crippen LogP contribution in [0.5, 0.6) is 0 Å². The number of sulfonamides is 1. The number of rotatable bonds is 4. The molecule has 0 amide bonds. The minimum Gasteiger partial charge on any atom is -0.379 e. The maximum absolute atomic E-state index is 12.9. The van der Waals surface area contributed by atoms with Crippen molar-refractivity contribution < 1.29 is 13.2 Å². The van der Waals surface area contributed by atoms with E-state index in [1.54, 1.807) is 12.1 Å². The number of aromatic nitrogens is 1. The maximum atomic E-state index is 12.9. The van der Waals surface area contributed by atoms with Crippen molar-refractivity contribution in [3.8, 4) is 0 Å². The lowest BCUT2D eigenvalue weighted by Crippen LogP contribution is -2.51. The van der Waals surface area contributed by atoms with E-state index in [0.29, 0.717) is 31.2 Å². The first-order valence-corrected chi connectivity index (χ1v) is 13.0. The van der Waals surface area contributed by atoms with E-state index in [-0.39, 0.29) is 0 Å². The lowest BCUT2D eigenvalue weighted by molar-refractivity contribution is 0.0730. The quantitative estimate of drug-likeness (QED) is 0.723. The van der Waals surface area contributed by atoms with E-state index in [0.717, 1.165) is 48.9 Å². The van der Waals surface area contributed by atoms with Crippen LogP contribution < -0.4 is 4.90 Å². The highest BCUT2D eigenvalue weighted by molar-refractivity contribution is 7.89. The van der Waals surface area contributed by atoms with Crippen LogP contribution in [0.4, 0.5) is 5.82 Å². The average molecular weight is 445 g/mol. The fraction of sp³-hybridized carbons (Fsp3) is 0.609. The van der Waals surface area contributed by atoms with E-state index in [1.165, 1.54) is 36.4 Å². The van der Waals surface area contributed by atoms with E-state index in [4.69, 9.17) is 9.72 Å². The normalized spacial score (nSPS) is 22.8. The van der Waals surface area contributed by atoms with Gasteiger partial charge in [0.1, 0.15) is 5.82 Å². The Labute approximate surface area is 185 Å². The molecule has 2 aliphatic heterocycles. The van der Waals surface area contributed by atoms with E-state index in [2.05, 4.69) is 9.80 Å². The van der Waals surface area contributed by atoms with Crippen LogP contribution in [0.25, 0.3) is 10.9 Å². The summed E-state index contributed by atoms with van der Waals surface area (Å²) in [6.07, 6.45) is 6.85. The number of piperazine rings is 1. The highest BCUT2D eigenvalue weighted by Crippen LogP contribution is 2.27. The first-order chi connectivity index (χ1) is 15.1. The molecule has 0 atom stereocenters. The zero-order valence-electron chi connectivity index (χ0n) is 18.1. The molecule has 1 aromatic heterocycles. The third-order valence-electron chi connectivity index (χ3n) is 6.98. The second-order valence-electron chi connectivity index (χ2n) is 8.86. The summed E-state index contributed by atoms with van der Waals surface area (Å²) in [7, 11) is -3.49. The summed E-state index contributed by atoms with van der Waals surface area (Å²) < 4.78 is 32.7. The van der Waals surface area contributed by atoms with E-state index >= 15 is 0 Å². The molecule has 0 bridgehead atoms. The molecule has 3 fully saturated rings. The molecule has 168 valence electrons. The van der Waals surface area contributed by atoms with Crippen molar-refractivity contribution >= 4 is 26.7 Å². The molecule has 0 spiro atoms. The third kappa shape index (κ3) is 4.44.